The zero-order valence-electron chi connectivity index (χ0n) is 10.7. The maximum Gasteiger partial charge on any atom is 0.152 e. The van der Waals surface area contributed by atoms with Gasteiger partial charge in [-0.2, -0.15) is 0 Å². The maximum absolute atomic E-state index is 11.2. The lowest BCUT2D eigenvalue weighted by Gasteiger charge is -2.23. The van der Waals surface area contributed by atoms with Gasteiger partial charge in [-0.25, -0.2) is 0 Å². The monoisotopic (exact) mass is 249 g/mol. The summed E-state index contributed by atoms with van der Waals surface area (Å²) in [5.41, 5.74) is 1.63. The number of ether oxygens (including phenoxy) is 2. The number of aldehydes is 1. The molecule has 0 amide bonds. The van der Waals surface area contributed by atoms with E-state index < -0.39 is 0 Å². The van der Waals surface area contributed by atoms with Crippen LogP contribution in [0.15, 0.2) is 18.2 Å². The summed E-state index contributed by atoms with van der Waals surface area (Å²) in [6, 6.07) is 5.60. The molecule has 1 aromatic carbocycles. The van der Waals surface area contributed by atoms with Crippen molar-refractivity contribution in [3.63, 3.8) is 0 Å². The van der Waals surface area contributed by atoms with Crippen molar-refractivity contribution in [3.8, 4) is 5.75 Å². The number of para-hydroxylation sites is 1. The highest BCUT2D eigenvalue weighted by atomic mass is 16.5. The van der Waals surface area contributed by atoms with Gasteiger partial charge in [-0.1, -0.05) is 6.07 Å². The van der Waals surface area contributed by atoms with Crippen molar-refractivity contribution in [1.29, 1.82) is 0 Å². The van der Waals surface area contributed by atoms with Gasteiger partial charge in [0.05, 0.1) is 12.3 Å². The van der Waals surface area contributed by atoms with Crippen LogP contribution in [0.1, 0.15) is 23.2 Å². The van der Waals surface area contributed by atoms with E-state index in [0.717, 1.165) is 30.8 Å². The van der Waals surface area contributed by atoms with Gasteiger partial charge in [0.25, 0.3) is 0 Å². The van der Waals surface area contributed by atoms with E-state index >= 15 is 0 Å². The van der Waals surface area contributed by atoms with Crippen molar-refractivity contribution < 1.29 is 14.3 Å². The van der Waals surface area contributed by atoms with Gasteiger partial charge in [0, 0.05) is 25.8 Å². The summed E-state index contributed by atoms with van der Waals surface area (Å²) in [5, 5.41) is 0. The number of carbonyl (C=O) groups is 1. The van der Waals surface area contributed by atoms with Crippen LogP contribution in [0.3, 0.4) is 0 Å². The second kappa shape index (κ2) is 6.40. The minimum absolute atomic E-state index is 0.500. The molecule has 0 spiro atoms. The molecule has 0 aliphatic carbocycles. The zero-order valence-corrected chi connectivity index (χ0v) is 10.7. The Hall–Kier alpha value is -1.55. The van der Waals surface area contributed by atoms with Gasteiger partial charge in [-0.15, -0.1) is 0 Å². The number of benzene rings is 1. The number of carbonyl (C=O) groups excluding carboxylic acids is 1. The SMILES string of the molecule is COCCOc1cccc(C=O)c1N1CCCC1. The van der Waals surface area contributed by atoms with E-state index in [4.69, 9.17) is 9.47 Å². The van der Waals surface area contributed by atoms with E-state index in [1.807, 2.05) is 18.2 Å². The molecule has 1 aliphatic heterocycles. The van der Waals surface area contributed by atoms with Crippen molar-refractivity contribution in [1.82, 2.24) is 0 Å². The van der Waals surface area contributed by atoms with Gasteiger partial charge >= 0.3 is 0 Å². The van der Waals surface area contributed by atoms with E-state index in [9.17, 15) is 4.79 Å². The van der Waals surface area contributed by atoms with Crippen LogP contribution >= 0.6 is 0 Å². The van der Waals surface area contributed by atoms with Crippen LogP contribution in [-0.2, 0) is 4.74 Å². The highest BCUT2D eigenvalue weighted by Gasteiger charge is 2.19. The summed E-state index contributed by atoms with van der Waals surface area (Å²) in [4.78, 5) is 13.4. The Bertz CT molecular complexity index is 400. The lowest BCUT2D eigenvalue weighted by Crippen LogP contribution is -2.20. The fourth-order valence-corrected chi connectivity index (χ4v) is 2.26. The molecule has 1 aromatic rings. The third-order valence-corrected chi connectivity index (χ3v) is 3.12. The average molecular weight is 249 g/mol. The Morgan fingerprint density at radius 2 is 2.06 bits per heavy atom. The average Bonchev–Trinajstić information content (AvgIpc) is 2.92. The van der Waals surface area contributed by atoms with Crippen molar-refractivity contribution in [2.45, 2.75) is 12.8 Å². The van der Waals surface area contributed by atoms with Gasteiger partial charge in [0.1, 0.15) is 12.4 Å². The molecule has 0 radical (unpaired) electrons. The van der Waals surface area contributed by atoms with Crippen molar-refractivity contribution in [2.75, 3.05) is 38.3 Å². The quantitative estimate of drug-likeness (QED) is 0.572. The molecule has 0 bridgehead atoms. The first kappa shape index (κ1) is 12.9. The van der Waals surface area contributed by atoms with E-state index in [2.05, 4.69) is 4.90 Å². The molecule has 98 valence electrons. The summed E-state index contributed by atoms with van der Waals surface area (Å²) in [6.45, 7) is 3.03. The maximum atomic E-state index is 11.2. The number of hydrogen-bond acceptors (Lipinski definition) is 4. The molecule has 0 unspecified atom stereocenters. The first-order valence-corrected chi connectivity index (χ1v) is 6.31. The zero-order chi connectivity index (χ0) is 12.8. The Labute approximate surface area is 107 Å². The molecular weight excluding hydrogens is 230 g/mol. The van der Waals surface area contributed by atoms with Crippen LogP contribution in [0.25, 0.3) is 0 Å². The Kier molecular flexibility index (Phi) is 4.59. The van der Waals surface area contributed by atoms with Gasteiger partial charge in [-0.05, 0) is 25.0 Å². The Balaban J connectivity index is 2.23. The molecule has 18 heavy (non-hydrogen) atoms. The van der Waals surface area contributed by atoms with Gasteiger partial charge < -0.3 is 14.4 Å². The van der Waals surface area contributed by atoms with Gasteiger partial charge in [0.15, 0.2) is 6.29 Å². The summed E-state index contributed by atoms with van der Waals surface area (Å²) < 4.78 is 10.7. The third-order valence-electron chi connectivity index (χ3n) is 3.12. The number of anilines is 1. The number of methoxy groups -OCH3 is 1. The van der Waals surface area contributed by atoms with Crippen LogP contribution in [0.5, 0.6) is 5.75 Å². The molecule has 0 N–H and O–H groups in total. The van der Waals surface area contributed by atoms with E-state index in [-0.39, 0.29) is 0 Å². The highest BCUT2D eigenvalue weighted by Crippen LogP contribution is 2.33. The van der Waals surface area contributed by atoms with Gasteiger partial charge in [0.2, 0.25) is 0 Å². The number of nitrogens with zero attached hydrogens (tertiary/aromatic N) is 1. The second-order valence-corrected chi connectivity index (χ2v) is 4.35. The molecule has 4 heteroatoms. The van der Waals surface area contributed by atoms with Crippen LogP contribution in [0, 0.1) is 0 Å². The van der Waals surface area contributed by atoms with Crippen LogP contribution < -0.4 is 9.64 Å². The Morgan fingerprint density at radius 3 is 2.72 bits per heavy atom. The molecular formula is C14H19NO3. The molecule has 1 fully saturated rings. The smallest absolute Gasteiger partial charge is 0.152 e. The molecule has 0 aromatic heterocycles. The first-order chi connectivity index (χ1) is 8.86. The molecule has 1 heterocycles. The molecule has 0 atom stereocenters. The third kappa shape index (κ3) is 2.82. The van der Waals surface area contributed by atoms with Gasteiger partial charge in [-0.3, -0.25) is 4.79 Å². The fourth-order valence-electron chi connectivity index (χ4n) is 2.26. The van der Waals surface area contributed by atoms with Crippen LogP contribution in [0.2, 0.25) is 0 Å². The topological polar surface area (TPSA) is 38.8 Å². The predicted molar refractivity (Wildman–Crippen MR) is 70.6 cm³/mol. The normalized spacial score (nSPS) is 14.8. The summed E-state index contributed by atoms with van der Waals surface area (Å²) in [6.07, 6.45) is 3.24. The largest absolute Gasteiger partial charge is 0.489 e. The van der Waals surface area contributed by atoms with Crippen molar-refractivity contribution >= 4 is 12.0 Å². The molecule has 2 rings (SSSR count). The summed E-state index contributed by atoms with van der Waals surface area (Å²) in [5.74, 6) is 0.776. The number of rotatable bonds is 6. The van der Waals surface area contributed by atoms with E-state index in [0.29, 0.717) is 18.8 Å². The molecule has 4 nitrogen and oxygen atoms in total. The van der Waals surface area contributed by atoms with E-state index in [1.54, 1.807) is 7.11 Å². The minimum Gasteiger partial charge on any atom is -0.489 e. The van der Waals surface area contributed by atoms with Crippen LogP contribution in [-0.4, -0.2) is 39.7 Å². The lowest BCUT2D eigenvalue weighted by atomic mass is 10.1. The summed E-state index contributed by atoms with van der Waals surface area (Å²) >= 11 is 0. The minimum atomic E-state index is 0.500. The highest BCUT2D eigenvalue weighted by molar-refractivity contribution is 5.87. The predicted octanol–water partition coefficient (Wildman–Crippen LogP) is 2.12. The van der Waals surface area contributed by atoms with Crippen molar-refractivity contribution in [2.24, 2.45) is 0 Å². The van der Waals surface area contributed by atoms with E-state index in [1.165, 1.54) is 12.8 Å². The summed E-state index contributed by atoms with van der Waals surface area (Å²) in [7, 11) is 1.65. The molecule has 0 saturated carbocycles. The second-order valence-electron chi connectivity index (χ2n) is 4.35. The van der Waals surface area contributed by atoms with Crippen molar-refractivity contribution in [3.05, 3.63) is 23.8 Å². The van der Waals surface area contributed by atoms with Crippen LogP contribution in [0.4, 0.5) is 5.69 Å². The number of hydrogen-bond donors (Lipinski definition) is 0. The Morgan fingerprint density at radius 1 is 1.28 bits per heavy atom. The molecule has 1 saturated heterocycles. The molecule has 1 aliphatic rings. The fraction of sp³-hybridized carbons (Fsp3) is 0.500. The first-order valence-electron chi connectivity index (χ1n) is 6.31. The standard InChI is InChI=1S/C14H19NO3/c1-17-9-10-18-13-6-4-5-12(11-16)14(13)15-7-2-3-8-15/h4-6,11H,2-3,7-10H2,1H3. The lowest BCUT2D eigenvalue weighted by molar-refractivity contribution is 0.112.